The maximum atomic E-state index is 6.02. The molecule has 0 spiro atoms. The average Bonchev–Trinajstić information content (AvgIpc) is 2.57. The Hall–Kier alpha value is -1.97. The van der Waals surface area contributed by atoms with E-state index in [9.17, 15) is 0 Å². The van der Waals surface area contributed by atoms with Crippen LogP contribution in [-0.4, -0.2) is 16.9 Å². The largest absolute Gasteiger partial charge is 0.496 e. The van der Waals surface area contributed by atoms with Gasteiger partial charge in [0.25, 0.3) is 0 Å². The molecule has 4 heteroatoms. The average molecular weight is 217 g/mol. The summed E-state index contributed by atoms with van der Waals surface area (Å²) in [6.45, 7) is 1.95. The van der Waals surface area contributed by atoms with Crippen molar-refractivity contribution in [2.24, 2.45) is 7.05 Å². The molecule has 0 atom stereocenters. The first-order chi connectivity index (χ1) is 7.65. The molecule has 1 heterocycles. The lowest BCUT2D eigenvalue weighted by atomic mass is 10.1. The van der Waals surface area contributed by atoms with E-state index in [0.29, 0.717) is 5.69 Å². The Balaban J connectivity index is 2.63. The van der Waals surface area contributed by atoms with E-state index < -0.39 is 0 Å². The van der Waals surface area contributed by atoms with Crippen LogP contribution < -0.4 is 10.5 Å². The molecule has 84 valence electrons. The van der Waals surface area contributed by atoms with E-state index in [-0.39, 0.29) is 0 Å². The van der Waals surface area contributed by atoms with Gasteiger partial charge in [-0.05, 0) is 19.1 Å². The van der Waals surface area contributed by atoms with Crippen molar-refractivity contribution in [1.82, 2.24) is 9.78 Å². The third kappa shape index (κ3) is 1.52. The van der Waals surface area contributed by atoms with Crippen molar-refractivity contribution in [2.45, 2.75) is 6.92 Å². The predicted molar refractivity (Wildman–Crippen MR) is 64.3 cm³/mol. The second-order valence-electron chi connectivity index (χ2n) is 3.67. The number of aromatic nitrogens is 2. The molecule has 0 amide bonds. The van der Waals surface area contributed by atoms with Gasteiger partial charge in [-0.15, -0.1) is 0 Å². The van der Waals surface area contributed by atoms with Crippen molar-refractivity contribution in [2.75, 3.05) is 12.8 Å². The second kappa shape index (κ2) is 3.89. The molecular formula is C12H15N3O. The molecule has 2 rings (SSSR count). The molecule has 2 N–H and O–H groups in total. The molecule has 1 aromatic heterocycles. The van der Waals surface area contributed by atoms with Crippen molar-refractivity contribution in [3.8, 4) is 17.0 Å². The number of methoxy groups -OCH3 is 1. The Morgan fingerprint density at radius 2 is 2.00 bits per heavy atom. The smallest absolute Gasteiger partial charge is 0.128 e. The monoisotopic (exact) mass is 217 g/mol. The van der Waals surface area contributed by atoms with Crippen LogP contribution in [0.2, 0.25) is 0 Å². The van der Waals surface area contributed by atoms with Gasteiger partial charge in [0.1, 0.15) is 11.4 Å². The highest BCUT2D eigenvalue weighted by Crippen LogP contribution is 2.33. The summed E-state index contributed by atoms with van der Waals surface area (Å²) in [7, 11) is 3.52. The number of ether oxygens (including phenoxy) is 1. The SMILES string of the molecule is COc1ccccc1-c1nn(C)c(C)c1N. The fourth-order valence-corrected chi connectivity index (χ4v) is 1.66. The third-order valence-corrected chi connectivity index (χ3v) is 2.74. The molecule has 0 radical (unpaired) electrons. The number of aryl methyl sites for hydroxylation is 1. The van der Waals surface area contributed by atoms with Crippen molar-refractivity contribution in [3.05, 3.63) is 30.0 Å². The van der Waals surface area contributed by atoms with E-state index in [2.05, 4.69) is 5.10 Å². The normalized spacial score (nSPS) is 10.4. The number of nitrogens with two attached hydrogens (primary N) is 1. The molecule has 1 aromatic carbocycles. The van der Waals surface area contributed by atoms with Gasteiger partial charge in [0.05, 0.1) is 18.5 Å². The Bertz CT molecular complexity index is 517. The summed E-state index contributed by atoms with van der Waals surface area (Å²) in [5.74, 6) is 0.785. The van der Waals surface area contributed by atoms with Crippen LogP contribution in [0.15, 0.2) is 24.3 Å². The fourth-order valence-electron chi connectivity index (χ4n) is 1.66. The topological polar surface area (TPSA) is 53.1 Å². The minimum atomic E-state index is 0.701. The Morgan fingerprint density at radius 1 is 1.31 bits per heavy atom. The molecule has 0 bridgehead atoms. The maximum Gasteiger partial charge on any atom is 0.128 e. The lowest BCUT2D eigenvalue weighted by Gasteiger charge is -2.05. The van der Waals surface area contributed by atoms with E-state index in [1.165, 1.54) is 0 Å². The van der Waals surface area contributed by atoms with Gasteiger partial charge in [0.15, 0.2) is 0 Å². The molecule has 0 saturated heterocycles. The number of nitrogens with zero attached hydrogens (tertiary/aromatic N) is 2. The zero-order chi connectivity index (χ0) is 11.7. The van der Waals surface area contributed by atoms with Gasteiger partial charge < -0.3 is 10.5 Å². The molecule has 0 fully saturated rings. The summed E-state index contributed by atoms with van der Waals surface area (Å²) >= 11 is 0. The van der Waals surface area contributed by atoms with E-state index in [4.69, 9.17) is 10.5 Å². The number of hydrogen-bond donors (Lipinski definition) is 1. The van der Waals surface area contributed by atoms with Crippen LogP contribution in [0.1, 0.15) is 5.69 Å². The third-order valence-electron chi connectivity index (χ3n) is 2.74. The lowest BCUT2D eigenvalue weighted by molar-refractivity contribution is 0.416. The van der Waals surface area contributed by atoms with Gasteiger partial charge in [-0.3, -0.25) is 4.68 Å². The summed E-state index contributed by atoms with van der Waals surface area (Å²) in [6, 6.07) is 7.73. The van der Waals surface area contributed by atoms with E-state index in [1.54, 1.807) is 11.8 Å². The number of para-hydroxylation sites is 1. The van der Waals surface area contributed by atoms with Gasteiger partial charge in [-0.1, -0.05) is 12.1 Å². The minimum absolute atomic E-state index is 0.701. The zero-order valence-electron chi connectivity index (χ0n) is 9.69. The summed E-state index contributed by atoms with van der Waals surface area (Å²) < 4.78 is 7.07. The quantitative estimate of drug-likeness (QED) is 0.836. The Kier molecular flexibility index (Phi) is 2.56. The first-order valence-corrected chi connectivity index (χ1v) is 5.07. The van der Waals surface area contributed by atoms with E-state index >= 15 is 0 Å². The van der Waals surface area contributed by atoms with Gasteiger partial charge in [0, 0.05) is 12.6 Å². The molecular weight excluding hydrogens is 202 g/mol. The van der Waals surface area contributed by atoms with Crippen LogP contribution in [0.3, 0.4) is 0 Å². The number of anilines is 1. The van der Waals surface area contributed by atoms with Gasteiger partial charge in [0.2, 0.25) is 0 Å². The highest BCUT2D eigenvalue weighted by Gasteiger charge is 2.14. The zero-order valence-corrected chi connectivity index (χ0v) is 9.69. The van der Waals surface area contributed by atoms with Crippen molar-refractivity contribution < 1.29 is 4.74 Å². The van der Waals surface area contributed by atoms with Crippen molar-refractivity contribution in [3.63, 3.8) is 0 Å². The standard InChI is InChI=1S/C12H15N3O/c1-8-11(13)12(14-15(8)2)9-6-4-5-7-10(9)16-3/h4-7H,13H2,1-3H3. The minimum Gasteiger partial charge on any atom is -0.496 e. The van der Waals surface area contributed by atoms with Crippen LogP contribution in [0, 0.1) is 6.92 Å². The van der Waals surface area contributed by atoms with Gasteiger partial charge in [-0.25, -0.2) is 0 Å². The number of benzene rings is 1. The first kappa shape index (κ1) is 10.5. The second-order valence-corrected chi connectivity index (χ2v) is 3.67. The molecule has 0 aliphatic rings. The molecule has 0 aliphatic carbocycles. The van der Waals surface area contributed by atoms with E-state index in [0.717, 1.165) is 22.7 Å². The number of hydrogen-bond acceptors (Lipinski definition) is 3. The van der Waals surface area contributed by atoms with Crippen LogP contribution in [0.4, 0.5) is 5.69 Å². The summed E-state index contributed by atoms with van der Waals surface area (Å²) in [4.78, 5) is 0. The molecule has 2 aromatic rings. The highest BCUT2D eigenvalue weighted by atomic mass is 16.5. The molecule has 4 nitrogen and oxygen atoms in total. The number of nitrogen functional groups attached to an aromatic ring is 1. The van der Waals surface area contributed by atoms with E-state index in [1.807, 2.05) is 38.2 Å². The highest BCUT2D eigenvalue weighted by molar-refractivity contribution is 5.78. The summed E-state index contributed by atoms with van der Waals surface area (Å²) in [5, 5.41) is 4.40. The van der Waals surface area contributed by atoms with Crippen molar-refractivity contribution >= 4 is 5.69 Å². The molecule has 0 unspecified atom stereocenters. The predicted octanol–water partition coefficient (Wildman–Crippen LogP) is 1.99. The fraction of sp³-hybridized carbons (Fsp3) is 0.250. The first-order valence-electron chi connectivity index (χ1n) is 5.07. The Labute approximate surface area is 94.6 Å². The summed E-state index contributed by atoms with van der Waals surface area (Å²) in [5.41, 5.74) is 9.38. The van der Waals surface area contributed by atoms with Gasteiger partial charge >= 0.3 is 0 Å². The maximum absolute atomic E-state index is 6.02. The van der Waals surface area contributed by atoms with Crippen LogP contribution >= 0.6 is 0 Å². The van der Waals surface area contributed by atoms with Crippen LogP contribution in [-0.2, 0) is 7.05 Å². The van der Waals surface area contributed by atoms with Crippen LogP contribution in [0.25, 0.3) is 11.3 Å². The molecule has 16 heavy (non-hydrogen) atoms. The van der Waals surface area contributed by atoms with Crippen LogP contribution in [0.5, 0.6) is 5.75 Å². The van der Waals surface area contributed by atoms with Gasteiger partial charge in [-0.2, -0.15) is 5.10 Å². The van der Waals surface area contributed by atoms with Crippen molar-refractivity contribution in [1.29, 1.82) is 0 Å². The number of rotatable bonds is 2. The lowest BCUT2D eigenvalue weighted by Crippen LogP contribution is -1.93. The molecule has 0 saturated carbocycles. The Morgan fingerprint density at radius 3 is 2.56 bits per heavy atom. The summed E-state index contributed by atoms with van der Waals surface area (Å²) in [6.07, 6.45) is 0. The molecule has 0 aliphatic heterocycles.